The number of fused-ring (bicyclic) bond motifs is 1. The molecule has 106 valence electrons. The standard InChI is InChI=1S/C18H14N4/c1-13-21-17-18(20-12-11-19-17)22(13)16-10-6-5-9-15(16)14-7-3-2-4-8-14/h2-12H,1H3. The first-order valence-electron chi connectivity index (χ1n) is 7.15. The molecule has 0 atom stereocenters. The third kappa shape index (κ3) is 1.97. The molecule has 0 bridgehead atoms. The van der Waals surface area contributed by atoms with Crippen molar-refractivity contribution in [3.8, 4) is 16.8 Å². The maximum atomic E-state index is 4.51. The summed E-state index contributed by atoms with van der Waals surface area (Å²) in [5.41, 5.74) is 4.83. The van der Waals surface area contributed by atoms with Gasteiger partial charge in [-0.25, -0.2) is 15.0 Å². The van der Waals surface area contributed by atoms with Gasteiger partial charge in [0, 0.05) is 18.0 Å². The summed E-state index contributed by atoms with van der Waals surface area (Å²) in [5, 5.41) is 0. The Labute approximate surface area is 128 Å². The number of nitrogens with zero attached hydrogens (tertiary/aromatic N) is 4. The zero-order valence-electron chi connectivity index (χ0n) is 12.1. The van der Waals surface area contributed by atoms with Crippen LogP contribution in [0.25, 0.3) is 28.1 Å². The van der Waals surface area contributed by atoms with E-state index < -0.39 is 0 Å². The van der Waals surface area contributed by atoms with Gasteiger partial charge in [-0.15, -0.1) is 0 Å². The largest absolute Gasteiger partial charge is 0.279 e. The van der Waals surface area contributed by atoms with Gasteiger partial charge in [0.25, 0.3) is 0 Å². The molecule has 2 aromatic heterocycles. The lowest BCUT2D eigenvalue weighted by Crippen LogP contribution is -2.00. The van der Waals surface area contributed by atoms with Crippen molar-refractivity contribution in [3.63, 3.8) is 0 Å². The highest BCUT2D eigenvalue weighted by molar-refractivity contribution is 5.78. The first-order valence-corrected chi connectivity index (χ1v) is 7.15. The van der Waals surface area contributed by atoms with E-state index in [4.69, 9.17) is 0 Å². The van der Waals surface area contributed by atoms with Gasteiger partial charge in [-0.05, 0) is 18.6 Å². The van der Waals surface area contributed by atoms with Crippen LogP contribution in [0.15, 0.2) is 67.0 Å². The van der Waals surface area contributed by atoms with E-state index in [9.17, 15) is 0 Å². The lowest BCUT2D eigenvalue weighted by atomic mass is 10.0. The van der Waals surface area contributed by atoms with Crippen molar-refractivity contribution in [2.75, 3.05) is 0 Å². The topological polar surface area (TPSA) is 43.6 Å². The summed E-state index contributed by atoms with van der Waals surface area (Å²) >= 11 is 0. The number of rotatable bonds is 2. The molecule has 2 heterocycles. The van der Waals surface area contributed by atoms with Gasteiger partial charge in [-0.2, -0.15) is 0 Å². The molecule has 4 heteroatoms. The van der Waals surface area contributed by atoms with Crippen LogP contribution in [0.3, 0.4) is 0 Å². The molecule has 0 saturated heterocycles. The van der Waals surface area contributed by atoms with E-state index >= 15 is 0 Å². The normalized spacial score (nSPS) is 11.0. The van der Waals surface area contributed by atoms with Crippen LogP contribution in [-0.2, 0) is 0 Å². The summed E-state index contributed by atoms with van der Waals surface area (Å²) in [6.45, 7) is 1.98. The first kappa shape index (κ1) is 12.7. The molecule has 0 aliphatic carbocycles. The number of hydrogen-bond acceptors (Lipinski definition) is 3. The van der Waals surface area contributed by atoms with Gasteiger partial charge >= 0.3 is 0 Å². The lowest BCUT2D eigenvalue weighted by Gasteiger charge is -2.12. The summed E-state index contributed by atoms with van der Waals surface area (Å²) in [6, 6.07) is 18.6. The molecule has 0 spiro atoms. The van der Waals surface area contributed by atoms with Crippen LogP contribution in [-0.4, -0.2) is 19.5 Å². The van der Waals surface area contributed by atoms with Gasteiger partial charge in [0.05, 0.1) is 5.69 Å². The van der Waals surface area contributed by atoms with Crippen LogP contribution >= 0.6 is 0 Å². The van der Waals surface area contributed by atoms with Crippen LogP contribution in [0, 0.1) is 6.92 Å². The average molecular weight is 286 g/mol. The summed E-state index contributed by atoms with van der Waals surface area (Å²) in [7, 11) is 0. The van der Waals surface area contributed by atoms with Crippen molar-refractivity contribution in [2.24, 2.45) is 0 Å². The second-order valence-electron chi connectivity index (χ2n) is 5.08. The Morgan fingerprint density at radius 3 is 2.41 bits per heavy atom. The summed E-state index contributed by atoms with van der Waals surface area (Å²) in [4.78, 5) is 13.3. The van der Waals surface area contributed by atoms with Crippen molar-refractivity contribution < 1.29 is 0 Å². The minimum absolute atomic E-state index is 0.669. The van der Waals surface area contributed by atoms with E-state index in [2.05, 4.69) is 43.8 Å². The highest BCUT2D eigenvalue weighted by Crippen LogP contribution is 2.29. The minimum atomic E-state index is 0.669. The van der Waals surface area contributed by atoms with Gasteiger partial charge in [0.2, 0.25) is 0 Å². The van der Waals surface area contributed by atoms with Gasteiger partial charge in [0.15, 0.2) is 11.3 Å². The van der Waals surface area contributed by atoms with E-state index in [1.807, 2.05) is 37.3 Å². The maximum Gasteiger partial charge on any atom is 0.198 e. The van der Waals surface area contributed by atoms with Crippen molar-refractivity contribution in [1.29, 1.82) is 0 Å². The second kappa shape index (κ2) is 5.07. The molecule has 0 aliphatic heterocycles. The number of para-hydroxylation sites is 1. The zero-order chi connectivity index (χ0) is 14.9. The van der Waals surface area contributed by atoms with E-state index in [-0.39, 0.29) is 0 Å². The fraction of sp³-hybridized carbons (Fsp3) is 0.0556. The molecule has 0 aliphatic rings. The van der Waals surface area contributed by atoms with Crippen molar-refractivity contribution in [1.82, 2.24) is 19.5 Å². The van der Waals surface area contributed by atoms with Crippen molar-refractivity contribution in [2.45, 2.75) is 6.92 Å². The Morgan fingerprint density at radius 2 is 1.55 bits per heavy atom. The molecule has 4 aromatic rings. The molecule has 0 fully saturated rings. The molecule has 0 N–H and O–H groups in total. The van der Waals surface area contributed by atoms with Crippen LogP contribution in [0.5, 0.6) is 0 Å². The molecule has 4 nitrogen and oxygen atoms in total. The van der Waals surface area contributed by atoms with E-state index in [1.54, 1.807) is 12.4 Å². The molecule has 0 saturated carbocycles. The van der Waals surface area contributed by atoms with Crippen LogP contribution in [0.1, 0.15) is 5.82 Å². The molecule has 0 radical (unpaired) electrons. The fourth-order valence-corrected chi connectivity index (χ4v) is 2.74. The Morgan fingerprint density at radius 1 is 0.818 bits per heavy atom. The summed E-state index contributed by atoms with van der Waals surface area (Å²) < 4.78 is 2.06. The maximum absolute atomic E-state index is 4.51. The second-order valence-corrected chi connectivity index (χ2v) is 5.08. The lowest BCUT2D eigenvalue weighted by molar-refractivity contribution is 0.989. The Bertz CT molecular complexity index is 942. The Kier molecular flexibility index (Phi) is 2.93. The summed E-state index contributed by atoms with van der Waals surface area (Å²) in [5.74, 6) is 0.879. The Hall–Kier alpha value is -3.01. The van der Waals surface area contributed by atoms with Gasteiger partial charge in [-0.3, -0.25) is 4.57 Å². The van der Waals surface area contributed by atoms with Crippen molar-refractivity contribution >= 4 is 11.3 Å². The monoisotopic (exact) mass is 286 g/mol. The predicted molar refractivity (Wildman–Crippen MR) is 86.8 cm³/mol. The van der Waals surface area contributed by atoms with E-state index in [1.165, 1.54) is 5.56 Å². The number of aromatic nitrogens is 4. The molecule has 4 rings (SSSR count). The van der Waals surface area contributed by atoms with Gasteiger partial charge < -0.3 is 0 Å². The summed E-state index contributed by atoms with van der Waals surface area (Å²) in [6.07, 6.45) is 3.37. The number of benzene rings is 2. The molecule has 0 unspecified atom stereocenters. The number of hydrogen-bond donors (Lipinski definition) is 0. The van der Waals surface area contributed by atoms with Crippen LogP contribution in [0.4, 0.5) is 0 Å². The minimum Gasteiger partial charge on any atom is -0.279 e. The molecule has 22 heavy (non-hydrogen) atoms. The molecule has 2 aromatic carbocycles. The third-order valence-electron chi connectivity index (χ3n) is 3.69. The molecular weight excluding hydrogens is 272 g/mol. The third-order valence-corrected chi connectivity index (χ3v) is 3.69. The predicted octanol–water partition coefficient (Wildman–Crippen LogP) is 3.79. The van der Waals surface area contributed by atoms with Gasteiger partial charge in [0.1, 0.15) is 5.82 Å². The van der Waals surface area contributed by atoms with E-state index in [0.717, 1.165) is 22.7 Å². The van der Waals surface area contributed by atoms with Crippen LogP contribution < -0.4 is 0 Å². The quantitative estimate of drug-likeness (QED) is 0.563. The highest BCUT2D eigenvalue weighted by Gasteiger charge is 2.14. The fourth-order valence-electron chi connectivity index (χ4n) is 2.74. The smallest absolute Gasteiger partial charge is 0.198 e. The molecular formula is C18H14N4. The Balaban J connectivity index is 2.02. The molecule has 0 amide bonds. The zero-order valence-corrected chi connectivity index (χ0v) is 12.1. The van der Waals surface area contributed by atoms with E-state index in [0.29, 0.717) is 5.65 Å². The number of imidazole rings is 1. The van der Waals surface area contributed by atoms with Crippen molar-refractivity contribution in [3.05, 3.63) is 72.8 Å². The van der Waals surface area contributed by atoms with Gasteiger partial charge in [-0.1, -0.05) is 48.5 Å². The first-order chi connectivity index (χ1) is 10.8. The highest BCUT2D eigenvalue weighted by atomic mass is 15.2. The van der Waals surface area contributed by atoms with Crippen LogP contribution in [0.2, 0.25) is 0 Å². The number of aryl methyl sites for hydroxylation is 1. The average Bonchev–Trinajstić information content (AvgIpc) is 2.91. The SMILES string of the molecule is Cc1nc2nccnc2n1-c1ccccc1-c1ccccc1.